The third-order valence-electron chi connectivity index (χ3n) is 4.12. The normalized spacial score (nSPS) is 16.2. The van der Waals surface area contributed by atoms with Gasteiger partial charge in [-0.2, -0.15) is 0 Å². The number of nitrogens with one attached hydrogen (secondary N) is 1. The van der Waals surface area contributed by atoms with Crippen molar-refractivity contribution in [2.24, 2.45) is 5.92 Å². The number of hydrogen-bond acceptors (Lipinski definition) is 2. The molecule has 1 N–H and O–H groups in total. The predicted octanol–water partition coefficient (Wildman–Crippen LogP) is 4.14. The Morgan fingerprint density at radius 3 is 2.85 bits per heavy atom. The maximum atomic E-state index is 12.2. The van der Waals surface area contributed by atoms with Crippen molar-refractivity contribution in [3.05, 3.63) is 36.5 Å². The van der Waals surface area contributed by atoms with E-state index in [4.69, 9.17) is 0 Å². The molecule has 20 heavy (non-hydrogen) atoms. The van der Waals surface area contributed by atoms with Crippen molar-refractivity contribution in [3.63, 3.8) is 0 Å². The van der Waals surface area contributed by atoms with Gasteiger partial charge in [0.25, 0.3) is 0 Å². The van der Waals surface area contributed by atoms with Crippen LogP contribution in [0.3, 0.4) is 0 Å². The van der Waals surface area contributed by atoms with Crippen LogP contribution in [0.5, 0.6) is 0 Å². The average Bonchev–Trinajstić information content (AvgIpc) is 2.48. The van der Waals surface area contributed by atoms with E-state index < -0.39 is 0 Å². The lowest BCUT2D eigenvalue weighted by Gasteiger charge is -2.21. The molecule has 1 heterocycles. The number of benzene rings is 1. The molecule has 0 spiro atoms. The van der Waals surface area contributed by atoms with Crippen molar-refractivity contribution in [3.8, 4) is 0 Å². The molecular weight excluding hydrogens is 248 g/mol. The minimum absolute atomic E-state index is 0.133. The van der Waals surface area contributed by atoms with Crippen LogP contribution in [0.25, 0.3) is 10.9 Å². The van der Waals surface area contributed by atoms with Crippen LogP contribution in [0, 0.1) is 5.92 Å². The van der Waals surface area contributed by atoms with Gasteiger partial charge < -0.3 is 5.32 Å². The molecule has 0 unspecified atom stereocenters. The Morgan fingerprint density at radius 1 is 1.15 bits per heavy atom. The van der Waals surface area contributed by atoms with Crippen LogP contribution in [-0.2, 0) is 4.79 Å². The highest BCUT2D eigenvalue weighted by molar-refractivity contribution is 6.00. The van der Waals surface area contributed by atoms with E-state index in [9.17, 15) is 4.79 Å². The van der Waals surface area contributed by atoms with Gasteiger partial charge in [-0.25, -0.2) is 0 Å². The highest BCUT2D eigenvalue weighted by Crippen LogP contribution is 2.27. The minimum Gasteiger partial charge on any atom is -0.325 e. The number of aromatic nitrogens is 1. The zero-order valence-electron chi connectivity index (χ0n) is 11.6. The van der Waals surface area contributed by atoms with Gasteiger partial charge in [0.15, 0.2) is 0 Å². The molecule has 1 amide bonds. The van der Waals surface area contributed by atoms with Crippen LogP contribution in [0.15, 0.2) is 36.5 Å². The molecule has 0 atom stereocenters. The number of nitrogens with zero attached hydrogens (tertiary/aromatic N) is 1. The number of rotatable bonds is 3. The molecule has 0 aliphatic heterocycles. The summed E-state index contributed by atoms with van der Waals surface area (Å²) in [5.41, 5.74) is 1.79. The van der Waals surface area contributed by atoms with E-state index >= 15 is 0 Å². The van der Waals surface area contributed by atoms with Crippen LogP contribution in [0.2, 0.25) is 0 Å². The van der Waals surface area contributed by atoms with Crippen molar-refractivity contribution in [1.82, 2.24) is 4.98 Å². The monoisotopic (exact) mass is 268 g/mol. The summed E-state index contributed by atoms with van der Waals surface area (Å²) in [6.45, 7) is 0. The van der Waals surface area contributed by atoms with Crippen LogP contribution >= 0.6 is 0 Å². The van der Waals surface area contributed by atoms with E-state index in [0.717, 1.165) is 16.6 Å². The lowest BCUT2D eigenvalue weighted by molar-refractivity contribution is -0.117. The Hall–Kier alpha value is -1.90. The molecule has 3 rings (SSSR count). The highest BCUT2D eigenvalue weighted by atomic mass is 16.1. The van der Waals surface area contributed by atoms with Crippen LogP contribution in [0.4, 0.5) is 5.69 Å². The van der Waals surface area contributed by atoms with Gasteiger partial charge in [-0.3, -0.25) is 9.78 Å². The Bertz CT molecular complexity index is 597. The third kappa shape index (κ3) is 2.98. The summed E-state index contributed by atoms with van der Waals surface area (Å²) in [4.78, 5) is 16.5. The SMILES string of the molecule is O=C(CC1CCCCC1)Nc1cccc2ncccc12. The average molecular weight is 268 g/mol. The van der Waals surface area contributed by atoms with Gasteiger partial charge in [0, 0.05) is 18.0 Å². The zero-order valence-corrected chi connectivity index (χ0v) is 11.6. The second-order valence-corrected chi connectivity index (χ2v) is 5.63. The zero-order chi connectivity index (χ0) is 13.8. The first kappa shape index (κ1) is 13.1. The second-order valence-electron chi connectivity index (χ2n) is 5.63. The Kier molecular flexibility index (Phi) is 3.95. The molecule has 0 saturated heterocycles. The van der Waals surface area contributed by atoms with Crippen LogP contribution < -0.4 is 5.32 Å². The molecule has 104 valence electrons. The number of pyridine rings is 1. The number of amides is 1. The predicted molar refractivity (Wildman–Crippen MR) is 81.6 cm³/mol. The molecular formula is C17H20N2O. The fraction of sp³-hybridized carbons (Fsp3) is 0.412. The molecule has 3 nitrogen and oxygen atoms in total. The van der Waals surface area contributed by atoms with E-state index in [-0.39, 0.29) is 5.91 Å². The van der Waals surface area contributed by atoms with E-state index in [0.29, 0.717) is 12.3 Å². The summed E-state index contributed by atoms with van der Waals surface area (Å²) in [5.74, 6) is 0.699. The molecule has 1 aromatic carbocycles. The number of fused-ring (bicyclic) bond motifs is 1. The van der Waals surface area contributed by atoms with Gasteiger partial charge in [-0.1, -0.05) is 25.3 Å². The minimum atomic E-state index is 0.133. The molecule has 0 radical (unpaired) electrons. The first-order chi connectivity index (χ1) is 9.83. The quantitative estimate of drug-likeness (QED) is 0.908. The lowest BCUT2D eigenvalue weighted by Crippen LogP contribution is -2.18. The Balaban J connectivity index is 1.71. The van der Waals surface area contributed by atoms with E-state index in [2.05, 4.69) is 10.3 Å². The molecule has 1 saturated carbocycles. The number of carbonyl (C=O) groups is 1. The number of carbonyl (C=O) groups excluding carboxylic acids is 1. The van der Waals surface area contributed by atoms with Crippen molar-refractivity contribution >= 4 is 22.5 Å². The van der Waals surface area contributed by atoms with Gasteiger partial charge >= 0.3 is 0 Å². The maximum absolute atomic E-state index is 12.2. The molecule has 1 fully saturated rings. The molecule has 3 heteroatoms. The van der Waals surface area contributed by atoms with Crippen LogP contribution in [0.1, 0.15) is 38.5 Å². The maximum Gasteiger partial charge on any atom is 0.224 e. The topological polar surface area (TPSA) is 42.0 Å². The smallest absolute Gasteiger partial charge is 0.224 e. The number of anilines is 1. The highest BCUT2D eigenvalue weighted by Gasteiger charge is 2.17. The fourth-order valence-electron chi connectivity index (χ4n) is 3.07. The van der Waals surface area contributed by atoms with Crippen molar-refractivity contribution in [2.75, 3.05) is 5.32 Å². The van der Waals surface area contributed by atoms with E-state index in [1.54, 1.807) is 6.20 Å². The van der Waals surface area contributed by atoms with Crippen molar-refractivity contribution in [2.45, 2.75) is 38.5 Å². The fourth-order valence-corrected chi connectivity index (χ4v) is 3.07. The first-order valence-electron chi connectivity index (χ1n) is 7.46. The van der Waals surface area contributed by atoms with Gasteiger partial charge in [-0.05, 0) is 43.0 Å². The third-order valence-corrected chi connectivity index (χ3v) is 4.12. The van der Waals surface area contributed by atoms with Crippen molar-refractivity contribution < 1.29 is 4.79 Å². The summed E-state index contributed by atoms with van der Waals surface area (Å²) in [5, 5.41) is 4.06. The van der Waals surface area contributed by atoms with Gasteiger partial charge in [0.2, 0.25) is 5.91 Å². The summed E-state index contributed by atoms with van der Waals surface area (Å²) in [7, 11) is 0. The first-order valence-corrected chi connectivity index (χ1v) is 7.46. The summed E-state index contributed by atoms with van der Waals surface area (Å²) >= 11 is 0. The van der Waals surface area contributed by atoms with Gasteiger partial charge in [0.05, 0.1) is 11.2 Å². The summed E-state index contributed by atoms with van der Waals surface area (Å²) < 4.78 is 0. The Morgan fingerprint density at radius 2 is 2.00 bits per heavy atom. The molecule has 2 aromatic rings. The molecule has 0 bridgehead atoms. The lowest BCUT2D eigenvalue weighted by atomic mass is 9.87. The summed E-state index contributed by atoms with van der Waals surface area (Å²) in [6.07, 6.45) is 8.70. The van der Waals surface area contributed by atoms with Gasteiger partial charge in [-0.15, -0.1) is 0 Å². The standard InChI is InChI=1S/C17H20N2O/c20-17(12-13-6-2-1-3-7-13)19-16-10-4-9-15-14(16)8-5-11-18-15/h4-5,8-11,13H,1-3,6-7,12H2,(H,19,20). The van der Waals surface area contributed by atoms with E-state index in [1.165, 1.54) is 32.1 Å². The van der Waals surface area contributed by atoms with E-state index in [1.807, 2.05) is 30.3 Å². The molecule has 1 aliphatic rings. The molecule has 1 aromatic heterocycles. The van der Waals surface area contributed by atoms with Crippen molar-refractivity contribution in [1.29, 1.82) is 0 Å². The number of hydrogen-bond donors (Lipinski definition) is 1. The van der Waals surface area contributed by atoms with Crippen LogP contribution in [-0.4, -0.2) is 10.9 Å². The second kappa shape index (κ2) is 6.04. The largest absolute Gasteiger partial charge is 0.325 e. The summed E-state index contributed by atoms with van der Waals surface area (Å²) in [6, 6.07) is 9.75. The van der Waals surface area contributed by atoms with Gasteiger partial charge in [0.1, 0.15) is 0 Å². The Labute approximate surface area is 119 Å². The molecule has 1 aliphatic carbocycles.